The summed E-state index contributed by atoms with van der Waals surface area (Å²) in [6.07, 6.45) is 5.54. The van der Waals surface area contributed by atoms with Crippen LogP contribution in [0.15, 0.2) is 42.7 Å². The van der Waals surface area contributed by atoms with Gasteiger partial charge in [-0.25, -0.2) is 24.5 Å². The van der Waals surface area contributed by atoms with E-state index < -0.39 is 24.3 Å². The molecule has 1 aromatic carbocycles. The highest BCUT2D eigenvalue weighted by molar-refractivity contribution is 7.21. The van der Waals surface area contributed by atoms with Crippen molar-refractivity contribution in [2.24, 2.45) is 18.9 Å². The lowest BCUT2D eigenvalue weighted by atomic mass is 10.0. The number of likely N-dealkylation sites (tertiary alicyclic amines) is 2. The molecule has 4 unspecified atom stereocenters. The van der Waals surface area contributed by atoms with Gasteiger partial charge < -0.3 is 44.4 Å². The molecule has 5 aromatic rings. The van der Waals surface area contributed by atoms with Crippen molar-refractivity contribution in [3.8, 4) is 33.2 Å². The Morgan fingerprint density at radius 2 is 1.26 bits per heavy atom. The van der Waals surface area contributed by atoms with Gasteiger partial charge in [0.1, 0.15) is 39.1 Å². The van der Waals surface area contributed by atoms with Crippen LogP contribution in [0, 0.1) is 11.8 Å². The summed E-state index contributed by atoms with van der Waals surface area (Å²) in [5.41, 5.74) is 5.53. The molecule has 4 atom stereocenters. The zero-order valence-electron chi connectivity index (χ0n) is 33.3. The number of aromatic nitrogens is 6. The van der Waals surface area contributed by atoms with Gasteiger partial charge in [0.2, 0.25) is 11.8 Å². The van der Waals surface area contributed by atoms with Gasteiger partial charge in [0.25, 0.3) is 0 Å². The van der Waals surface area contributed by atoms with Crippen LogP contribution in [0.1, 0.15) is 77.1 Å². The Morgan fingerprint density at radius 1 is 0.772 bits per heavy atom. The van der Waals surface area contributed by atoms with Crippen LogP contribution in [0.25, 0.3) is 43.6 Å². The molecule has 302 valence electrons. The average Bonchev–Trinajstić information content (AvgIpc) is 4.05. The van der Waals surface area contributed by atoms with Crippen LogP contribution >= 0.6 is 11.3 Å². The van der Waals surface area contributed by atoms with E-state index in [-0.39, 0.29) is 35.7 Å². The van der Waals surface area contributed by atoms with Crippen molar-refractivity contribution < 1.29 is 28.7 Å². The second-order valence-corrected chi connectivity index (χ2v) is 16.3. The number of hydrogen-bond acceptors (Lipinski definition) is 10. The van der Waals surface area contributed by atoms with Crippen LogP contribution in [-0.2, 0) is 26.1 Å². The van der Waals surface area contributed by atoms with E-state index in [9.17, 15) is 19.2 Å². The monoisotopic (exact) mass is 798 g/mol. The Hall–Kier alpha value is -5.71. The number of benzene rings is 1. The number of aromatic amines is 2. The Labute approximate surface area is 334 Å². The van der Waals surface area contributed by atoms with E-state index in [4.69, 9.17) is 14.5 Å². The number of aryl methyl sites for hydroxylation is 1. The first-order valence-electron chi connectivity index (χ1n) is 19.4. The molecule has 2 aliphatic heterocycles. The molecule has 2 fully saturated rings. The molecule has 2 aliphatic rings. The highest BCUT2D eigenvalue weighted by Gasteiger charge is 2.39. The first-order valence-corrected chi connectivity index (χ1v) is 20.2. The standard InChI is InChI=1S/C40H50N10O6S/c1-21(2)31(46-39(53)55-6)36(51)49-16-8-10-28(49)33-41-19-26(43-33)23-12-14-24(15-13-23)30-18-25-38(48(30)5)57-35(45-25)27-20-42-34(44-27)29-11-9-17-50(29)37(52)32(22(3)4)47-40(54)56-7/h12-15,18-22,28-29,31-32H,8-11,16-17H2,1-7H3,(H,41,43)(H,42,44)(H,46,53)(H,47,54). The van der Waals surface area contributed by atoms with Crippen molar-refractivity contribution in [1.82, 2.24) is 49.9 Å². The maximum absolute atomic E-state index is 13.6. The third-order valence-electron chi connectivity index (χ3n) is 11.0. The molecule has 6 heterocycles. The number of hydrogen-bond donors (Lipinski definition) is 4. The topological polar surface area (TPSA) is 192 Å². The zero-order valence-corrected chi connectivity index (χ0v) is 34.1. The minimum absolute atomic E-state index is 0.109. The molecule has 0 spiro atoms. The third kappa shape index (κ3) is 7.84. The number of alkyl carbamates (subject to hydrolysis) is 2. The summed E-state index contributed by atoms with van der Waals surface area (Å²) in [7, 11) is 4.61. The lowest BCUT2D eigenvalue weighted by molar-refractivity contribution is -0.136. The van der Waals surface area contributed by atoms with E-state index >= 15 is 0 Å². The summed E-state index contributed by atoms with van der Waals surface area (Å²) in [6, 6.07) is 8.50. The molecule has 0 aliphatic carbocycles. The highest BCUT2D eigenvalue weighted by atomic mass is 32.1. The summed E-state index contributed by atoms with van der Waals surface area (Å²) < 4.78 is 11.7. The van der Waals surface area contributed by atoms with Crippen LogP contribution < -0.4 is 10.6 Å². The van der Waals surface area contributed by atoms with Gasteiger partial charge in [-0.2, -0.15) is 0 Å². The first kappa shape index (κ1) is 39.5. The van der Waals surface area contributed by atoms with Crippen molar-refractivity contribution in [3.63, 3.8) is 0 Å². The molecular weight excluding hydrogens is 749 g/mol. The van der Waals surface area contributed by atoms with Gasteiger partial charge in [-0.15, -0.1) is 0 Å². The van der Waals surface area contributed by atoms with Crippen LogP contribution in [0.2, 0.25) is 0 Å². The van der Waals surface area contributed by atoms with Gasteiger partial charge in [0.05, 0.1) is 55.8 Å². The van der Waals surface area contributed by atoms with Gasteiger partial charge in [0, 0.05) is 20.1 Å². The van der Waals surface area contributed by atoms with Crippen LogP contribution in [0.3, 0.4) is 0 Å². The van der Waals surface area contributed by atoms with Crippen LogP contribution in [-0.4, -0.2) is 103 Å². The predicted octanol–water partition coefficient (Wildman–Crippen LogP) is 6.17. The molecule has 4 amide bonds. The molecular formula is C40H50N10O6S. The number of nitrogens with zero attached hydrogens (tertiary/aromatic N) is 6. The summed E-state index contributed by atoms with van der Waals surface area (Å²) in [6.45, 7) is 8.77. The maximum Gasteiger partial charge on any atom is 0.407 e. The minimum atomic E-state index is -0.699. The fourth-order valence-corrected chi connectivity index (χ4v) is 8.84. The Kier molecular flexibility index (Phi) is 11.4. The first-order chi connectivity index (χ1) is 27.4. The van der Waals surface area contributed by atoms with Gasteiger partial charge in [-0.3, -0.25) is 9.59 Å². The number of methoxy groups -OCH3 is 2. The van der Waals surface area contributed by atoms with Gasteiger partial charge in [-0.05, 0) is 54.7 Å². The molecule has 16 nitrogen and oxygen atoms in total. The summed E-state index contributed by atoms with van der Waals surface area (Å²) in [5.74, 6) is 0.898. The van der Waals surface area contributed by atoms with E-state index in [0.29, 0.717) is 18.9 Å². The number of imidazole rings is 2. The number of ether oxygens (including phenoxy) is 2. The van der Waals surface area contributed by atoms with Crippen molar-refractivity contribution in [2.45, 2.75) is 77.5 Å². The molecule has 0 radical (unpaired) electrons. The van der Waals surface area contributed by atoms with Crippen molar-refractivity contribution in [2.75, 3.05) is 27.3 Å². The Balaban J connectivity index is 1.04. The molecule has 2 saturated heterocycles. The molecule has 0 bridgehead atoms. The van der Waals surface area contributed by atoms with Gasteiger partial charge >= 0.3 is 12.2 Å². The van der Waals surface area contributed by atoms with E-state index in [1.165, 1.54) is 14.2 Å². The lowest BCUT2D eigenvalue weighted by Gasteiger charge is -2.30. The Bertz CT molecular complexity index is 2250. The maximum atomic E-state index is 13.6. The van der Waals surface area contributed by atoms with Gasteiger partial charge in [-0.1, -0.05) is 63.3 Å². The zero-order chi connectivity index (χ0) is 40.5. The number of amides is 4. The lowest BCUT2D eigenvalue weighted by Crippen LogP contribution is -2.51. The summed E-state index contributed by atoms with van der Waals surface area (Å²) >= 11 is 1.57. The quantitative estimate of drug-likeness (QED) is 0.121. The van der Waals surface area contributed by atoms with Gasteiger partial charge in [0.15, 0.2) is 0 Å². The summed E-state index contributed by atoms with van der Waals surface area (Å²) in [4.78, 5) is 76.9. The molecule has 4 N–H and O–H groups in total. The second kappa shape index (κ2) is 16.4. The third-order valence-corrected chi connectivity index (χ3v) is 12.2. The number of thiazole rings is 1. The molecule has 57 heavy (non-hydrogen) atoms. The fraction of sp³-hybridized carbons (Fsp3) is 0.475. The summed E-state index contributed by atoms with van der Waals surface area (Å²) in [5, 5.41) is 6.19. The van der Waals surface area contributed by atoms with Crippen molar-refractivity contribution in [1.29, 1.82) is 0 Å². The predicted molar refractivity (Wildman–Crippen MR) is 215 cm³/mol. The van der Waals surface area contributed by atoms with Crippen molar-refractivity contribution in [3.05, 3.63) is 54.4 Å². The van der Waals surface area contributed by atoms with Crippen LogP contribution in [0.5, 0.6) is 0 Å². The fourth-order valence-electron chi connectivity index (χ4n) is 7.86. The van der Waals surface area contributed by atoms with Crippen molar-refractivity contribution >= 4 is 45.7 Å². The largest absolute Gasteiger partial charge is 0.453 e. The van der Waals surface area contributed by atoms with E-state index in [1.807, 2.05) is 34.7 Å². The number of carbonyl (C=O) groups excluding carboxylic acids is 4. The molecule has 17 heteroatoms. The number of nitrogens with one attached hydrogen (secondary N) is 4. The average molecular weight is 799 g/mol. The van der Waals surface area contributed by atoms with E-state index in [0.717, 1.165) is 75.1 Å². The minimum Gasteiger partial charge on any atom is -0.453 e. The highest BCUT2D eigenvalue weighted by Crippen LogP contribution is 2.38. The van der Waals surface area contributed by atoms with Crippen LogP contribution in [0.4, 0.5) is 9.59 Å². The number of carbonyl (C=O) groups is 4. The SMILES string of the molecule is COC(=O)NC(C(=O)N1CCCC1c1ncc(-c2ccc(-c3cc4nc(-c5cnc(C6CCCN6C(=O)C(NC(=O)OC)C(C)C)[nH]5)sc4n3C)cc2)[nH]1)C(C)C. The Morgan fingerprint density at radius 3 is 1.75 bits per heavy atom. The number of rotatable bonds is 11. The number of fused-ring (bicyclic) bond motifs is 1. The molecule has 0 saturated carbocycles. The van der Waals surface area contributed by atoms with E-state index in [2.05, 4.69) is 65.5 Å². The normalized spacial score (nSPS) is 18.1. The smallest absolute Gasteiger partial charge is 0.407 e. The molecule has 7 rings (SSSR count). The van der Waals surface area contributed by atoms with E-state index in [1.54, 1.807) is 33.5 Å². The second-order valence-electron chi connectivity index (χ2n) is 15.3. The number of H-pyrrole nitrogens is 2. The molecule has 4 aromatic heterocycles.